The first-order chi connectivity index (χ1) is 9.06. The highest BCUT2D eigenvalue weighted by atomic mass is 35.5. The lowest BCUT2D eigenvalue weighted by atomic mass is 10.2. The summed E-state index contributed by atoms with van der Waals surface area (Å²) in [5.74, 6) is -0.792. The molecule has 1 aromatic carbocycles. The molecule has 1 N–H and O–H groups in total. The monoisotopic (exact) mass is 295 g/mol. The smallest absolute Gasteiger partial charge is 0.337 e. The largest absolute Gasteiger partial charge is 0.478 e. The Hall–Kier alpha value is -1.72. The third-order valence-electron chi connectivity index (χ3n) is 2.43. The zero-order valence-corrected chi connectivity index (χ0v) is 11.3. The molecule has 0 saturated heterocycles. The minimum Gasteiger partial charge on any atom is -0.478 e. The first kappa shape index (κ1) is 13.7. The number of aromatic carboxylic acids is 1. The topological polar surface area (TPSA) is 67.3 Å². The van der Waals surface area contributed by atoms with Gasteiger partial charge in [0.1, 0.15) is 0 Å². The lowest BCUT2D eigenvalue weighted by Gasteiger charge is -2.03. The van der Waals surface area contributed by atoms with Crippen molar-refractivity contribution in [3.63, 3.8) is 0 Å². The second kappa shape index (κ2) is 5.95. The van der Waals surface area contributed by atoms with E-state index < -0.39 is 16.8 Å². The molecule has 2 rings (SSSR count). The van der Waals surface area contributed by atoms with Crippen LogP contribution in [0.3, 0.4) is 0 Å². The summed E-state index contributed by atoms with van der Waals surface area (Å²) < 4.78 is 12.1. The molecule has 0 fully saturated rings. The Balaban J connectivity index is 2.10. The van der Waals surface area contributed by atoms with Crippen LogP contribution in [-0.4, -0.2) is 20.3 Å². The van der Waals surface area contributed by atoms with E-state index >= 15 is 0 Å². The maximum Gasteiger partial charge on any atom is 0.337 e. The van der Waals surface area contributed by atoms with Crippen LogP contribution in [-0.2, 0) is 16.6 Å². The van der Waals surface area contributed by atoms with Crippen molar-refractivity contribution in [3.05, 3.63) is 58.9 Å². The van der Waals surface area contributed by atoms with E-state index in [1.807, 2.05) is 0 Å². The Kier molecular flexibility index (Phi) is 4.29. The summed E-state index contributed by atoms with van der Waals surface area (Å²) in [5.41, 5.74) is 0.694. The average molecular weight is 296 g/mol. The molecule has 2 aromatic rings. The molecule has 1 heterocycles. The molecule has 1 unspecified atom stereocenters. The summed E-state index contributed by atoms with van der Waals surface area (Å²) in [5, 5.41) is 9.34. The highest BCUT2D eigenvalue weighted by Crippen LogP contribution is 2.15. The second-order valence-corrected chi connectivity index (χ2v) is 5.67. The summed E-state index contributed by atoms with van der Waals surface area (Å²) in [4.78, 5) is 15.3. The number of carbonyl (C=O) groups is 1. The summed E-state index contributed by atoms with van der Waals surface area (Å²) in [6, 6.07) is 9.76. The predicted octanol–water partition coefficient (Wildman–Crippen LogP) is 2.74. The van der Waals surface area contributed by atoms with Gasteiger partial charge < -0.3 is 5.11 Å². The van der Waals surface area contributed by atoms with Crippen LogP contribution in [0.1, 0.15) is 16.1 Å². The Morgan fingerprint density at radius 3 is 2.42 bits per heavy atom. The minimum atomic E-state index is -1.23. The molecule has 6 heteroatoms. The van der Waals surface area contributed by atoms with Crippen molar-refractivity contribution in [2.24, 2.45) is 0 Å². The number of hydrogen-bond acceptors (Lipinski definition) is 3. The third kappa shape index (κ3) is 3.62. The van der Waals surface area contributed by atoms with Crippen LogP contribution < -0.4 is 0 Å². The van der Waals surface area contributed by atoms with Gasteiger partial charge in [-0.15, -0.1) is 0 Å². The van der Waals surface area contributed by atoms with Crippen LogP contribution in [0.2, 0.25) is 5.02 Å². The van der Waals surface area contributed by atoms with Gasteiger partial charge in [-0.25, -0.2) is 4.79 Å². The van der Waals surface area contributed by atoms with E-state index in [0.717, 1.165) is 0 Å². The number of carboxylic acids is 1. The van der Waals surface area contributed by atoms with Gasteiger partial charge in [-0.1, -0.05) is 11.6 Å². The average Bonchev–Trinajstić information content (AvgIpc) is 2.40. The van der Waals surface area contributed by atoms with Crippen LogP contribution >= 0.6 is 11.6 Å². The first-order valence-electron chi connectivity index (χ1n) is 5.38. The molecule has 1 aromatic heterocycles. The fourth-order valence-electron chi connectivity index (χ4n) is 1.44. The fourth-order valence-corrected chi connectivity index (χ4v) is 2.61. The van der Waals surface area contributed by atoms with Gasteiger partial charge in [0.05, 0.1) is 27.8 Å². The van der Waals surface area contributed by atoms with Crippen molar-refractivity contribution >= 4 is 28.4 Å². The first-order valence-corrected chi connectivity index (χ1v) is 7.08. The van der Waals surface area contributed by atoms with Crippen LogP contribution in [0.4, 0.5) is 0 Å². The van der Waals surface area contributed by atoms with Gasteiger partial charge in [0, 0.05) is 16.1 Å². The summed E-state index contributed by atoms with van der Waals surface area (Å²) >= 11 is 5.76. The molecule has 19 heavy (non-hydrogen) atoms. The number of hydrogen-bond donors (Lipinski definition) is 1. The predicted molar refractivity (Wildman–Crippen MR) is 72.8 cm³/mol. The van der Waals surface area contributed by atoms with Gasteiger partial charge in [0.25, 0.3) is 0 Å². The number of rotatable bonds is 4. The van der Waals surface area contributed by atoms with Crippen LogP contribution in [0.15, 0.2) is 47.5 Å². The molecule has 0 aliphatic carbocycles. The van der Waals surface area contributed by atoms with E-state index in [9.17, 15) is 9.00 Å². The molecular formula is C13H10ClNO3S. The van der Waals surface area contributed by atoms with Gasteiger partial charge >= 0.3 is 5.97 Å². The number of pyridine rings is 1. The Morgan fingerprint density at radius 1 is 1.21 bits per heavy atom. The minimum absolute atomic E-state index is 0.112. The fraction of sp³-hybridized carbons (Fsp3) is 0.0769. The van der Waals surface area contributed by atoms with Crippen molar-refractivity contribution in [1.82, 2.24) is 4.98 Å². The quantitative estimate of drug-likeness (QED) is 0.942. The van der Waals surface area contributed by atoms with Gasteiger partial charge in [0.2, 0.25) is 0 Å². The molecule has 1 atom stereocenters. The lowest BCUT2D eigenvalue weighted by molar-refractivity contribution is 0.0696. The van der Waals surface area contributed by atoms with Gasteiger partial charge in [-0.2, -0.15) is 0 Å². The van der Waals surface area contributed by atoms with Crippen LogP contribution in [0, 0.1) is 0 Å². The molecule has 0 aliphatic rings. The maximum atomic E-state index is 12.1. The Morgan fingerprint density at radius 2 is 1.89 bits per heavy atom. The standard InChI is InChI=1S/C13H10ClNO3S/c14-10-2-5-12(6-3-10)19(18)8-11-4-1-9(7-15-11)13(16)17/h1-7H,8H2,(H,16,17). The number of aromatic nitrogens is 1. The number of carboxylic acid groups (broad SMARTS) is 1. The van der Waals surface area contributed by atoms with Crippen molar-refractivity contribution in [1.29, 1.82) is 0 Å². The van der Waals surface area contributed by atoms with Crippen molar-refractivity contribution in [2.75, 3.05) is 0 Å². The molecule has 0 saturated carbocycles. The SMILES string of the molecule is O=C(O)c1ccc(CS(=O)c2ccc(Cl)cc2)nc1. The Bertz CT molecular complexity index is 611. The third-order valence-corrected chi connectivity index (χ3v) is 4.04. The zero-order chi connectivity index (χ0) is 13.8. The van der Waals surface area contributed by atoms with Crippen molar-refractivity contribution < 1.29 is 14.1 Å². The highest BCUT2D eigenvalue weighted by molar-refractivity contribution is 7.84. The molecule has 98 valence electrons. The highest BCUT2D eigenvalue weighted by Gasteiger charge is 2.08. The van der Waals surface area contributed by atoms with Crippen molar-refractivity contribution in [2.45, 2.75) is 10.6 Å². The molecule has 0 bridgehead atoms. The molecular weight excluding hydrogens is 286 g/mol. The zero-order valence-electron chi connectivity index (χ0n) is 9.75. The Labute approximate surface area is 117 Å². The second-order valence-electron chi connectivity index (χ2n) is 3.79. The molecule has 0 radical (unpaired) electrons. The van der Waals surface area contributed by atoms with Crippen LogP contribution in [0.5, 0.6) is 0 Å². The number of halogens is 1. The lowest BCUT2D eigenvalue weighted by Crippen LogP contribution is -2.01. The summed E-state index contributed by atoms with van der Waals surface area (Å²) in [7, 11) is -1.23. The van der Waals surface area contributed by atoms with E-state index in [1.165, 1.54) is 12.3 Å². The summed E-state index contributed by atoms with van der Waals surface area (Å²) in [6.07, 6.45) is 1.26. The number of nitrogens with zero attached hydrogens (tertiary/aromatic N) is 1. The van der Waals surface area contributed by atoms with Gasteiger partial charge in [0.15, 0.2) is 0 Å². The van der Waals surface area contributed by atoms with E-state index in [2.05, 4.69) is 4.98 Å². The van der Waals surface area contributed by atoms with Gasteiger partial charge in [-0.3, -0.25) is 9.19 Å². The van der Waals surface area contributed by atoms with Crippen LogP contribution in [0.25, 0.3) is 0 Å². The molecule has 4 nitrogen and oxygen atoms in total. The normalized spacial score (nSPS) is 12.1. The van der Waals surface area contributed by atoms with Crippen molar-refractivity contribution in [3.8, 4) is 0 Å². The molecule has 0 aliphatic heterocycles. The maximum absolute atomic E-state index is 12.1. The summed E-state index contributed by atoms with van der Waals surface area (Å²) in [6.45, 7) is 0. The van der Waals surface area contributed by atoms with E-state index in [4.69, 9.17) is 16.7 Å². The van der Waals surface area contributed by atoms with Gasteiger partial charge in [-0.05, 0) is 36.4 Å². The molecule has 0 spiro atoms. The van der Waals surface area contributed by atoms with E-state index in [-0.39, 0.29) is 11.3 Å². The van der Waals surface area contributed by atoms with E-state index in [1.54, 1.807) is 30.3 Å². The number of benzene rings is 1. The van der Waals surface area contributed by atoms with E-state index in [0.29, 0.717) is 15.6 Å². The molecule has 0 amide bonds.